The Morgan fingerprint density at radius 1 is 0.688 bits per heavy atom. The normalized spacial score (nSPS) is 11.7. The average Bonchev–Trinajstić information content (AvgIpc) is 2.88. The minimum absolute atomic E-state index is 0.0363. The van der Waals surface area contributed by atoms with Gasteiger partial charge in [-0.15, -0.1) is 11.6 Å². The number of halogens is 1. The number of benzene rings is 4. The van der Waals surface area contributed by atoms with E-state index in [0.717, 1.165) is 15.4 Å². The monoisotopic (exact) mass is 478 g/mol. The summed E-state index contributed by atoms with van der Waals surface area (Å²) in [5.41, 5.74) is 1.00. The molecule has 0 aliphatic rings. The van der Waals surface area contributed by atoms with Crippen LogP contribution < -0.4 is 5.43 Å². The fourth-order valence-electron chi connectivity index (χ4n) is 3.28. The van der Waals surface area contributed by atoms with Crippen molar-refractivity contribution in [1.82, 2.24) is 0 Å². The van der Waals surface area contributed by atoms with Gasteiger partial charge in [-0.3, -0.25) is 4.79 Å². The van der Waals surface area contributed by atoms with E-state index in [1.54, 1.807) is 48.5 Å². The van der Waals surface area contributed by atoms with Crippen LogP contribution in [0.5, 0.6) is 0 Å². The van der Waals surface area contributed by atoms with Crippen LogP contribution in [0.15, 0.2) is 118 Å². The highest BCUT2D eigenvalue weighted by Crippen LogP contribution is 2.32. The second-order valence-corrected chi connectivity index (χ2v) is 10.1. The SMILES string of the molecule is O=c1c2ccccc2[s+]([O-])c2ccccc12.[O-][S+](c1ccccc1)c1ccc(CCl)cc1. The van der Waals surface area contributed by atoms with E-state index in [4.69, 9.17) is 11.6 Å². The van der Waals surface area contributed by atoms with E-state index >= 15 is 0 Å². The van der Waals surface area contributed by atoms with Crippen LogP contribution in [0.3, 0.4) is 0 Å². The van der Waals surface area contributed by atoms with E-state index < -0.39 is 21.9 Å². The predicted molar refractivity (Wildman–Crippen MR) is 133 cm³/mol. The van der Waals surface area contributed by atoms with Crippen molar-refractivity contribution < 1.29 is 9.11 Å². The van der Waals surface area contributed by atoms with Crippen LogP contribution >= 0.6 is 22.4 Å². The van der Waals surface area contributed by atoms with Gasteiger partial charge in [0.25, 0.3) is 0 Å². The van der Waals surface area contributed by atoms with Gasteiger partial charge in [0.15, 0.2) is 19.2 Å². The third-order valence-corrected chi connectivity index (χ3v) is 8.13. The zero-order chi connectivity index (χ0) is 22.5. The van der Waals surface area contributed by atoms with Gasteiger partial charge in [-0.2, -0.15) is 0 Å². The summed E-state index contributed by atoms with van der Waals surface area (Å²) in [6, 6.07) is 31.1. The molecule has 0 saturated heterocycles. The summed E-state index contributed by atoms with van der Waals surface area (Å²) in [4.78, 5) is 13.7. The minimum Gasteiger partial charge on any atom is -0.606 e. The van der Waals surface area contributed by atoms with Gasteiger partial charge in [0.1, 0.15) is 0 Å². The molecule has 0 amide bonds. The molecule has 5 rings (SSSR count). The lowest BCUT2D eigenvalue weighted by Gasteiger charge is -2.09. The lowest BCUT2D eigenvalue weighted by atomic mass is 10.2. The van der Waals surface area contributed by atoms with Gasteiger partial charge < -0.3 is 9.11 Å². The summed E-state index contributed by atoms with van der Waals surface area (Å²) in [6.45, 7) is 0. The molecule has 4 aromatic carbocycles. The molecule has 160 valence electrons. The van der Waals surface area contributed by atoms with Crippen molar-refractivity contribution in [2.45, 2.75) is 15.7 Å². The maximum absolute atomic E-state index is 12.2. The van der Waals surface area contributed by atoms with Crippen molar-refractivity contribution in [3.8, 4) is 0 Å². The van der Waals surface area contributed by atoms with E-state index in [1.165, 1.54) is 0 Å². The Labute approximate surface area is 196 Å². The molecule has 6 heteroatoms. The highest BCUT2D eigenvalue weighted by molar-refractivity contribution is 7.91. The fraction of sp³-hybridized carbons (Fsp3) is 0.0385. The van der Waals surface area contributed by atoms with Gasteiger partial charge in [-0.1, -0.05) is 54.6 Å². The number of hydrogen-bond acceptors (Lipinski definition) is 3. The topological polar surface area (TPSA) is 63.2 Å². The van der Waals surface area contributed by atoms with Crippen molar-refractivity contribution in [3.63, 3.8) is 0 Å². The molecule has 0 bridgehead atoms. The highest BCUT2D eigenvalue weighted by atomic mass is 35.5. The van der Waals surface area contributed by atoms with E-state index in [-0.39, 0.29) is 5.43 Å². The van der Waals surface area contributed by atoms with Crippen molar-refractivity contribution in [2.24, 2.45) is 0 Å². The van der Waals surface area contributed by atoms with Crippen LogP contribution in [0, 0.1) is 0 Å². The molecule has 1 atom stereocenters. The molecule has 3 nitrogen and oxygen atoms in total. The Hall–Kier alpha value is -2.67. The molecule has 1 unspecified atom stereocenters. The summed E-state index contributed by atoms with van der Waals surface area (Å²) >= 11 is 4.60. The quantitative estimate of drug-likeness (QED) is 0.165. The maximum Gasteiger partial charge on any atom is 0.203 e. The zero-order valence-corrected chi connectivity index (χ0v) is 19.3. The van der Waals surface area contributed by atoms with Crippen molar-refractivity contribution in [3.05, 3.63) is 119 Å². The highest BCUT2D eigenvalue weighted by Gasteiger charge is 2.14. The first kappa shape index (κ1) is 22.5. The van der Waals surface area contributed by atoms with Crippen molar-refractivity contribution in [2.75, 3.05) is 0 Å². The van der Waals surface area contributed by atoms with Gasteiger partial charge in [-0.25, -0.2) is 0 Å². The second-order valence-electron chi connectivity index (χ2n) is 6.95. The Morgan fingerprint density at radius 3 is 1.69 bits per heavy atom. The maximum atomic E-state index is 12.2. The summed E-state index contributed by atoms with van der Waals surface area (Å²) in [6.07, 6.45) is 0. The van der Waals surface area contributed by atoms with E-state index in [0.29, 0.717) is 26.1 Å². The van der Waals surface area contributed by atoms with Gasteiger partial charge in [-0.05, 0) is 64.8 Å². The number of hydrogen-bond donors (Lipinski definition) is 0. The van der Waals surface area contributed by atoms with E-state index in [9.17, 15) is 13.9 Å². The second kappa shape index (κ2) is 10.3. The Bertz CT molecular complexity index is 1340. The molecule has 0 aliphatic heterocycles. The minimum atomic E-state index is -1.23. The lowest BCUT2D eigenvalue weighted by molar-refractivity contribution is 0.595. The fourth-order valence-corrected chi connectivity index (χ4v) is 5.88. The van der Waals surface area contributed by atoms with E-state index in [2.05, 4.69) is 0 Å². The number of alkyl halides is 1. The first-order valence-corrected chi connectivity index (χ1v) is 12.7. The standard InChI is InChI=1S/C13H11ClOS.C13H8O2S/c14-10-11-6-8-13(9-7-11)16(15)12-4-2-1-3-5-12;14-13-9-5-1-3-7-11(9)16(15)12-8-4-2-6-10(12)13/h1-9H,10H2;1-8H. The van der Waals surface area contributed by atoms with Crippen LogP contribution in [0.2, 0.25) is 0 Å². The smallest absolute Gasteiger partial charge is 0.203 e. The largest absolute Gasteiger partial charge is 0.606 e. The molecule has 0 saturated carbocycles. The molecule has 1 heterocycles. The van der Waals surface area contributed by atoms with Crippen LogP contribution in [0.25, 0.3) is 20.2 Å². The Morgan fingerprint density at radius 2 is 1.16 bits per heavy atom. The first-order valence-electron chi connectivity index (χ1n) is 9.86. The van der Waals surface area contributed by atoms with Gasteiger partial charge in [0.2, 0.25) is 5.43 Å². The number of rotatable bonds is 3. The van der Waals surface area contributed by atoms with Crippen molar-refractivity contribution >= 4 is 53.7 Å². The Balaban J connectivity index is 0.000000153. The summed E-state index contributed by atoms with van der Waals surface area (Å²) in [5.74, 6) is 0.484. The van der Waals surface area contributed by atoms with Crippen LogP contribution in [-0.4, -0.2) is 9.11 Å². The predicted octanol–water partition coefficient (Wildman–Crippen LogP) is 6.67. The molecule has 32 heavy (non-hydrogen) atoms. The molecular weight excluding hydrogens is 460 g/mol. The van der Waals surface area contributed by atoms with Crippen LogP contribution in [-0.2, 0) is 17.1 Å². The summed E-state index contributed by atoms with van der Waals surface area (Å²) < 4.78 is 25.6. The number of fused-ring (bicyclic) bond motifs is 2. The summed E-state index contributed by atoms with van der Waals surface area (Å²) in [7, 11) is -1.23. The van der Waals surface area contributed by atoms with Gasteiger partial charge in [0.05, 0.1) is 10.8 Å². The molecular formula is C26H19ClO3S2. The van der Waals surface area contributed by atoms with Gasteiger partial charge >= 0.3 is 0 Å². The molecule has 0 aliphatic carbocycles. The molecule has 0 radical (unpaired) electrons. The van der Waals surface area contributed by atoms with Crippen LogP contribution in [0.4, 0.5) is 0 Å². The molecule has 0 fully saturated rings. The van der Waals surface area contributed by atoms with Crippen molar-refractivity contribution in [1.29, 1.82) is 0 Å². The first-order chi connectivity index (χ1) is 15.6. The average molecular weight is 479 g/mol. The van der Waals surface area contributed by atoms with Crippen LogP contribution in [0.1, 0.15) is 5.56 Å². The summed E-state index contributed by atoms with van der Waals surface area (Å²) in [5, 5.41) is 1.11. The lowest BCUT2D eigenvalue weighted by Crippen LogP contribution is -2.01. The molecule has 5 aromatic rings. The molecule has 0 N–H and O–H groups in total. The third kappa shape index (κ3) is 4.72. The molecule has 1 aromatic heterocycles. The third-order valence-electron chi connectivity index (χ3n) is 4.91. The molecule has 0 spiro atoms. The van der Waals surface area contributed by atoms with Gasteiger partial charge in [0, 0.05) is 17.1 Å². The zero-order valence-electron chi connectivity index (χ0n) is 16.9. The Kier molecular flexibility index (Phi) is 7.25. The van der Waals surface area contributed by atoms with E-state index in [1.807, 2.05) is 54.6 Å².